The molecule has 0 radical (unpaired) electrons. The fourth-order valence-electron chi connectivity index (χ4n) is 3.68. The van der Waals surface area contributed by atoms with E-state index in [4.69, 9.17) is 13.6 Å². The SMILES string of the molecule is C[C@@H]1CC[C@@H]2O[Si](C(C)(C)C)(C(C)(C)C)OC[C@H]2O1. The summed E-state index contributed by atoms with van der Waals surface area (Å²) in [5.74, 6) is 0. The average molecular weight is 286 g/mol. The van der Waals surface area contributed by atoms with Crippen molar-refractivity contribution < 1.29 is 13.6 Å². The molecule has 3 atom stereocenters. The van der Waals surface area contributed by atoms with Crippen molar-refractivity contribution in [2.45, 2.75) is 89.7 Å². The van der Waals surface area contributed by atoms with Crippen LogP contribution in [0.1, 0.15) is 61.3 Å². The van der Waals surface area contributed by atoms with Crippen molar-refractivity contribution in [2.75, 3.05) is 6.61 Å². The minimum absolute atomic E-state index is 0.0687. The second kappa shape index (κ2) is 4.83. The van der Waals surface area contributed by atoms with Gasteiger partial charge in [-0.2, -0.15) is 0 Å². The van der Waals surface area contributed by atoms with Crippen LogP contribution in [0.25, 0.3) is 0 Å². The molecule has 0 saturated carbocycles. The molecule has 4 heteroatoms. The van der Waals surface area contributed by atoms with Crippen LogP contribution in [0.2, 0.25) is 10.1 Å². The average Bonchev–Trinajstić information content (AvgIpc) is 2.25. The standard InChI is InChI=1S/C15H30O3Si/c1-11-8-9-12-13(17-11)10-16-19(18-12,14(2,3)4)15(5,6)7/h11-13H,8-10H2,1-7H3/t11-,12+,13-/m1/s1. The number of rotatable bonds is 0. The van der Waals surface area contributed by atoms with Crippen molar-refractivity contribution in [3.63, 3.8) is 0 Å². The van der Waals surface area contributed by atoms with E-state index in [1.165, 1.54) is 0 Å². The molecule has 3 nitrogen and oxygen atoms in total. The largest absolute Gasteiger partial charge is 0.391 e. The summed E-state index contributed by atoms with van der Waals surface area (Å²) >= 11 is 0. The van der Waals surface area contributed by atoms with Crippen molar-refractivity contribution in [3.05, 3.63) is 0 Å². The third-order valence-electron chi connectivity index (χ3n) is 4.42. The highest BCUT2D eigenvalue weighted by Gasteiger charge is 2.62. The van der Waals surface area contributed by atoms with Crippen LogP contribution >= 0.6 is 0 Å². The summed E-state index contributed by atoms with van der Waals surface area (Å²) in [6.45, 7) is 16.4. The van der Waals surface area contributed by atoms with Gasteiger partial charge in [-0.05, 0) is 19.8 Å². The van der Waals surface area contributed by atoms with Crippen LogP contribution in [0.5, 0.6) is 0 Å². The lowest BCUT2D eigenvalue weighted by Gasteiger charge is -2.55. The predicted molar refractivity (Wildman–Crippen MR) is 79.6 cm³/mol. The molecule has 0 spiro atoms. The van der Waals surface area contributed by atoms with Gasteiger partial charge in [0.05, 0.1) is 18.8 Å². The smallest absolute Gasteiger partial charge is 0.349 e. The summed E-state index contributed by atoms with van der Waals surface area (Å²) in [6.07, 6.45) is 2.91. The summed E-state index contributed by atoms with van der Waals surface area (Å²) in [5, 5.41) is 0.137. The highest BCUT2D eigenvalue weighted by Crippen LogP contribution is 2.54. The molecule has 0 amide bonds. The quantitative estimate of drug-likeness (QED) is 0.630. The Hall–Kier alpha value is 0.0969. The summed E-state index contributed by atoms with van der Waals surface area (Å²) in [7, 11) is -2.30. The van der Waals surface area contributed by atoms with Crippen molar-refractivity contribution in [1.29, 1.82) is 0 Å². The van der Waals surface area contributed by atoms with Crippen molar-refractivity contribution >= 4 is 8.56 Å². The van der Waals surface area contributed by atoms with Crippen LogP contribution < -0.4 is 0 Å². The fourth-order valence-corrected chi connectivity index (χ4v) is 8.66. The zero-order valence-electron chi connectivity index (χ0n) is 13.6. The van der Waals surface area contributed by atoms with E-state index >= 15 is 0 Å². The minimum atomic E-state index is -2.30. The highest BCUT2D eigenvalue weighted by molar-refractivity contribution is 6.73. The molecule has 2 heterocycles. The van der Waals surface area contributed by atoms with Crippen molar-refractivity contribution in [2.24, 2.45) is 0 Å². The molecule has 0 aromatic rings. The maximum absolute atomic E-state index is 6.65. The molecule has 2 saturated heterocycles. The highest BCUT2D eigenvalue weighted by atomic mass is 28.4. The van der Waals surface area contributed by atoms with Crippen LogP contribution in [0, 0.1) is 0 Å². The number of hydrogen-bond donors (Lipinski definition) is 0. The Kier molecular flexibility index (Phi) is 3.94. The molecule has 0 aromatic heterocycles. The van der Waals surface area contributed by atoms with Gasteiger partial charge in [0.2, 0.25) is 0 Å². The van der Waals surface area contributed by atoms with Crippen LogP contribution in [0.3, 0.4) is 0 Å². The van der Waals surface area contributed by atoms with Crippen LogP contribution in [-0.2, 0) is 13.6 Å². The monoisotopic (exact) mass is 286 g/mol. The van der Waals surface area contributed by atoms with Gasteiger partial charge in [-0.1, -0.05) is 41.5 Å². The molecule has 0 N–H and O–H groups in total. The predicted octanol–water partition coefficient (Wildman–Crippen LogP) is 4.01. The van der Waals surface area contributed by atoms with Gasteiger partial charge in [0.1, 0.15) is 6.10 Å². The fraction of sp³-hybridized carbons (Fsp3) is 1.00. The van der Waals surface area contributed by atoms with E-state index in [0.29, 0.717) is 12.7 Å². The zero-order chi connectivity index (χ0) is 14.5. The summed E-state index contributed by atoms with van der Waals surface area (Å²) < 4.78 is 19.0. The van der Waals surface area contributed by atoms with Gasteiger partial charge in [0.25, 0.3) is 0 Å². The van der Waals surface area contributed by atoms with Gasteiger partial charge >= 0.3 is 8.56 Å². The topological polar surface area (TPSA) is 27.7 Å². The van der Waals surface area contributed by atoms with E-state index in [9.17, 15) is 0 Å². The molecule has 2 rings (SSSR count). The Balaban J connectivity index is 2.25. The first-order chi connectivity index (χ1) is 8.57. The lowest BCUT2D eigenvalue weighted by atomic mass is 10.0. The lowest BCUT2D eigenvalue weighted by Crippen LogP contribution is -2.66. The Morgan fingerprint density at radius 2 is 1.47 bits per heavy atom. The van der Waals surface area contributed by atoms with Gasteiger partial charge < -0.3 is 13.6 Å². The molecule has 0 bridgehead atoms. The normalized spacial score (nSPS) is 35.8. The Bertz CT molecular complexity index is 315. The van der Waals surface area contributed by atoms with Crippen molar-refractivity contribution in [1.82, 2.24) is 0 Å². The van der Waals surface area contributed by atoms with Crippen LogP contribution in [-0.4, -0.2) is 33.5 Å². The van der Waals surface area contributed by atoms with Gasteiger partial charge in [0, 0.05) is 10.1 Å². The van der Waals surface area contributed by atoms with E-state index in [-0.39, 0.29) is 22.3 Å². The first kappa shape index (κ1) is 15.5. The summed E-state index contributed by atoms with van der Waals surface area (Å²) in [6, 6.07) is 0. The number of fused-ring (bicyclic) bond motifs is 1. The van der Waals surface area contributed by atoms with Crippen LogP contribution in [0.4, 0.5) is 0 Å². The van der Waals surface area contributed by atoms with Gasteiger partial charge in [0.15, 0.2) is 0 Å². The molecular weight excluding hydrogens is 256 g/mol. The Morgan fingerprint density at radius 1 is 0.895 bits per heavy atom. The summed E-state index contributed by atoms with van der Waals surface area (Å²) in [5.41, 5.74) is 0. The molecule has 0 unspecified atom stereocenters. The molecule has 2 fully saturated rings. The van der Waals surface area contributed by atoms with Gasteiger partial charge in [-0.3, -0.25) is 0 Å². The Labute approximate surface area is 119 Å². The maximum Gasteiger partial charge on any atom is 0.349 e. The second-order valence-electron chi connectivity index (χ2n) is 8.15. The van der Waals surface area contributed by atoms with E-state index in [0.717, 1.165) is 12.8 Å². The van der Waals surface area contributed by atoms with E-state index in [2.05, 4.69) is 48.5 Å². The Morgan fingerprint density at radius 3 is 2.00 bits per heavy atom. The van der Waals surface area contributed by atoms with E-state index < -0.39 is 8.56 Å². The van der Waals surface area contributed by atoms with E-state index in [1.807, 2.05) is 0 Å². The van der Waals surface area contributed by atoms with E-state index in [1.54, 1.807) is 0 Å². The van der Waals surface area contributed by atoms with Gasteiger partial charge in [-0.15, -0.1) is 0 Å². The molecular formula is C15H30O3Si. The third kappa shape index (κ3) is 2.65. The van der Waals surface area contributed by atoms with Crippen molar-refractivity contribution in [3.8, 4) is 0 Å². The lowest BCUT2D eigenvalue weighted by molar-refractivity contribution is -0.157. The van der Waals surface area contributed by atoms with Crippen LogP contribution in [0.15, 0.2) is 0 Å². The molecule has 2 aliphatic heterocycles. The molecule has 0 aliphatic carbocycles. The maximum atomic E-state index is 6.65. The van der Waals surface area contributed by atoms with Gasteiger partial charge in [-0.25, -0.2) is 0 Å². The molecule has 2 aliphatic rings. The molecule has 0 aromatic carbocycles. The first-order valence-electron chi connectivity index (χ1n) is 7.54. The summed E-state index contributed by atoms with van der Waals surface area (Å²) in [4.78, 5) is 0. The second-order valence-corrected chi connectivity index (χ2v) is 12.9. The number of ether oxygens (including phenoxy) is 1. The number of hydrogen-bond acceptors (Lipinski definition) is 3. The third-order valence-corrected chi connectivity index (χ3v) is 9.58. The molecule has 19 heavy (non-hydrogen) atoms. The first-order valence-corrected chi connectivity index (χ1v) is 9.36. The molecule has 112 valence electrons. The minimum Gasteiger partial charge on any atom is -0.391 e. The zero-order valence-corrected chi connectivity index (χ0v) is 14.6.